The first-order chi connectivity index (χ1) is 11.8. The minimum Gasteiger partial charge on any atom is -0.443 e. The Morgan fingerprint density at radius 2 is 2.00 bits per heavy atom. The Labute approximate surface area is 149 Å². The van der Waals surface area contributed by atoms with Crippen molar-refractivity contribution in [3.8, 4) is 0 Å². The zero-order valence-electron chi connectivity index (χ0n) is 15.5. The van der Waals surface area contributed by atoms with Gasteiger partial charge >= 0.3 is 6.09 Å². The molecule has 1 heterocycles. The standard InChI is InChI=1S/C21H26N2O2/c1-15-12-13-22-19(14-15)23(20(24)25-21(2,3)4)18-11-7-9-16-8-5-6-10-17(16)18/h5-6,8,10,12-14,18H,7,9,11H2,1-4H3. The van der Waals surface area contributed by atoms with Crippen molar-refractivity contribution >= 4 is 11.9 Å². The summed E-state index contributed by atoms with van der Waals surface area (Å²) in [6, 6.07) is 12.2. The minimum atomic E-state index is -0.548. The number of hydrogen-bond donors (Lipinski definition) is 0. The molecule has 1 aromatic carbocycles. The van der Waals surface area contributed by atoms with Crippen molar-refractivity contribution in [2.75, 3.05) is 4.90 Å². The average Bonchev–Trinajstić information content (AvgIpc) is 2.54. The Morgan fingerprint density at radius 3 is 2.72 bits per heavy atom. The molecule has 132 valence electrons. The minimum absolute atomic E-state index is 0.0471. The first kappa shape index (κ1) is 17.5. The van der Waals surface area contributed by atoms with Crippen LogP contribution in [0.1, 0.15) is 56.3 Å². The van der Waals surface area contributed by atoms with Gasteiger partial charge in [-0.15, -0.1) is 0 Å². The van der Waals surface area contributed by atoms with E-state index in [0.29, 0.717) is 5.82 Å². The van der Waals surface area contributed by atoms with Gasteiger partial charge in [-0.05, 0) is 75.8 Å². The number of carbonyl (C=O) groups is 1. The van der Waals surface area contributed by atoms with Gasteiger partial charge in [0.15, 0.2) is 0 Å². The lowest BCUT2D eigenvalue weighted by Crippen LogP contribution is -2.41. The number of aromatic nitrogens is 1. The largest absolute Gasteiger partial charge is 0.443 e. The summed E-state index contributed by atoms with van der Waals surface area (Å²) in [6.45, 7) is 7.68. The van der Waals surface area contributed by atoms with Crippen LogP contribution in [0.4, 0.5) is 10.6 Å². The van der Waals surface area contributed by atoms with Crippen LogP contribution in [-0.4, -0.2) is 16.7 Å². The van der Waals surface area contributed by atoms with Gasteiger partial charge in [0.25, 0.3) is 0 Å². The molecule has 1 aliphatic rings. The van der Waals surface area contributed by atoms with E-state index in [4.69, 9.17) is 4.74 Å². The van der Waals surface area contributed by atoms with Gasteiger partial charge in [0.2, 0.25) is 0 Å². The summed E-state index contributed by atoms with van der Waals surface area (Å²) < 4.78 is 5.71. The van der Waals surface area contributed by atoms with Gasteiger partial charge in [-0.2, -0.15) is 0 Å². The number of anilines is 1. The molecular weight excluding hydrogens is 312 g/mol. The molecule has 1 unspecified atom stereocenters. The van der Waals surface area contributed by atoms with Gasteiger partial charge in [-0.25, -0.2) is 9.78 Å². The van der Waals surface area contributed by atoms with E-state index in [0.717, 1.165) is 24.8 Å². The molecule has 0 aliphatic heterocycles. The topological polar surface area (TPSA) is 42.4 Å². The Morgan fingerprint density at radius 1 is 1.24 bits per heavy atom. The number of carbonyl (C=O) groups excluding carboxylic acids is 1. The van der Waals surface area contributed by atoms with E-state index in [1.807, 2.05) is 45.9 Å². The van der Waals surface area contributed by atoms with Crippen LogP contribution in [0.3, 0.4) is 0 Å². The number of rotatable bonds is 2. The first-order valence-corrected chi connectivity index (χ1v) is 8.88. The van der Waals surface area contributed by atoms with E-state index in [1.54, 1.807) is 11.1 Å². The van der Waals surface area contributed by atoms with Crippen LogP contribution < -0.4 is 4.90 Å². The molecule has 0 radical (unpaired) electrons. The number of fused-ring (bicyclic) bond motifs is 1. The molecule has 0 fully saturated rings. The molecule has 0 spiro atoms. The van der Waals surface area contributed by atoms with Crippen molar-refractivity contribution in [2.24, 2.45) is 0 Å². The van der Waals surface area contributed by atoms with Gasteiger partial charge in [0.05, 0.1) is 6.04 Å². The second-order valence-electron chi connectivity index (χ2n) is 7.65. The summed E-state index contributed by atoms with van der Waals surface area (Å²) in [5.41, 5.74) is 3.03. The van der Waals surface area contributed by atoms with Crippen LogP contribution in [-0.2, 0) is 11.2 Å². The van der Waals surface area contributed by atoms with Gasteiger partial charge in [-0.1, -0.05) is 24.3 Å². The Hall–Kier alpha value is -2.36. The van der Waals surface area contributed by atoms with E-state index in [9.17, 15) is 4.79 Å². The van der Waals surface area contributed by atoms with Crippen LogP contribution in [0.5, 0.6) is 0 Å². The van der Waals surface area contributed by atoms with E-state index in [1.165, 1.54) is 11.1 Å². The first-order valence-electron chi connectivity index (χ1n) is 8.88. The second kappa shape index (κ2) is 6.87. The highest BCUT2D eigenvalue weighted by Gasteiger charge is 2.34. The van der Waals surface area contributed by atoms with Gasteiger partial charge in [-0.3, -0.25) is 4.90 Å². The SMILES string of the molecule is Cc1ccnc(N(C(=O)OC(C)(C)C)C2CCCc3ccccc32)c1. The molecule has 0 saturated heterocycles. The maximum atomic E-state index is 13.0. The number of amides is 1. The van der Waals surface area contributed by atoms with Crippen molar-refractivity contribution in [3.05, 3.63) is 59.3 Å². The zero-order chi connectivity index (χ0) is 18.0. The highest BCUT2D eigenvalue weighted by atomic mass is 16.6. The second-order valence-corrected chi connectivity index (χ2v) is 7.65. The summed E-state index contributed by atoms with van der Waals surface area (Å²) in [6.07, 6.45) is 4.42. The number of nitrogens with zero attached hydrogens (tertiary/aromatic N) is 2. The molecule has 1 atom stereocenters. The molecule has 1 amide bonds. The number of aryl methyl sites for hydroxylation is 2. The quantitative estimate of drug-likeness (QED) is 0.755. The smallest absolute Gasteiger partial charge is 0.416 e. The molecule has 4 heteroatoms. The number of pyridine rings is 1. The number of ether oxygens (including phenoxy) is 1. The van der Waals surface area contributed by atoms with E-state index < -0.39 is 5.60 Å². The molecular formula is C21H26N2O2. The summed E-state index contributed by atoms with van der Waals surface area (Å²) >= 11 is 0. The van der Waals surface area contributed by atoms with E-state index in [-0.39, 0.29) is 12.1 Å². The molecule has 25 heavy (non-hydrogen) atoms. The predicted molar refractivity (Wildman–Crippen MR) is 99.8 cm³/mol. The summed E-state index contributed by atoms with van der Waals surface area (Å²) in [5, 5.41) is 0. The normalized spacial score (nSPS) is 16.9. The van der Waals surface area contributed by atoms with Crippen molar-refractivity contribution in [2.45, 2.75) is 58.6 Å². The van der Waals surface area contributed by atoms with Crippen molar-refractivity contribution < 1.29 is 9.53 Å². The van der Waals surface area contributed by atoms with Gasteiger partial charge in [0, 0.05) is 6.20 Å². The van der Waals surface area contributed by atoms with Gasteiger partial charge < -0.3 is 4.74 Å². The lowest BCUT2D eigenvalue weighted by molar-refractivity contribution is 0.0560. The highest BCUT2D eigenvalue weighted by Crippen LogP contribution is 2.37. The molecule has 0 saturated carbocycles. The molecule has 0 bridgehead atoms. The van der Waals surface area contributed by atoms with Crippen molar-refractivity contribution in [3.63, 3.8) is 0 Å². The van der Waals surface area contributed by atoms with Crippen LogP contribution in [0.15, 0.2) is 42.6 Å². The lowest BCUT2D eigenvalue weighted by Gasteiger charge is -2.36. The lowest BCUT2D eigenvalue weighted by atomic mass is 9.87. The monoisotopic (exact) mass is 338 g/mol. The zero-order valence-corrected chi connectivity index (χ0v) is 15.5. The third-order valence-corrected chi connectivity index (χ3v) is 4.39. The third-order valence-electron chi connectivity index (χ3n) is 4.39. The van der Waals surface area contributed by atoms with E-state index >= 15 is 0 Å². The molecule has 4 nitrogen and oxygen atoms in total. The highest BCUT2D eigenvalue weighted by molar-refractivity contribution is 5.88. The molecule has 1 aliphatic carbocycles. The maximum absolute atomic E-state index is 13.0. The average molecular weight is 338 g/mol. The van der Waals surface area contributed by atoms with Crippen molar-refractivity contribution in [1.82, 2.24) is 4.98 Å². The fraction of sp³-hybridized carbons (Fsp3) is 0.429. The fourth-order valence-electron chi connectivity index (χ4n) is 3.34. The fourth-order valence-corrected chi connectivity index (χ4v) is 3.34. The maximum Gasteiger partial charge on any atom is 0.416 e. The molecule has 0 N–H and O–H groups in total. The Kier molecular flexibility index (Phi) is 4.80. The van der Waals surface area contributed by atoms with Crippen LogP contribution in [0.25, 0.3) is 0 Å². The van der Waals surface area contributed by atoms with Crippen LogP contribution in [0, 0.1) is 6.92 Å². The Balaban J connectivity index is 2.04. The Bertz CT molecular complexity index is 764. The van der Waals surface area contributed by atoms with Crippen molar-refractivity contribution in [1.29, 1.82) is 0 Å². The van der Waals surface area contributed by atoms with Crippen LogP contribution >= 0.6 is 0 Å². The third kappa shape index (κ3) is 4.01. The van der Waals surface area contributed by atoms with Gasteiger partial charge in [0.1, 0.15) is 11.4 Å². The predicted octanol–water partition coefficient (Wildman–Crippen LogP) is 5.21. The molecule has 1 aromatic heterocycles. The summed E-state index contributed by atoms with van der Waals surface area (Å²) in [5.74, 6) is 0.649. The summed E-state index contributed by atoms with van der Waals surface area (Å²) in [4.78, 5) is 19.2. The molecule has 2 aromatic rings. The number of hydrogen-bond acceptors (Lipinski definition) is 3. The molecule has 3 rings (SSSR count). The van der Waals surface area contributed by atoms with E-state index in [2.05, 4.69) is 23.2 Å². The van der Waals surface area contributed by atoms with Crippen LogP contribution in [0.2, 0.25) is 0 Å². The number of benzene rings is 1. The summed E-state index contributed by atoms with van der Waals surface area (Å²) in [7, 11) is 0.